The first-order chi connectivity index (χ1) is 10.4. The van der Waals surface area contributed by atoms with Crippen LogP contribution in [0.1, 0.15) is 41.0 Å². The highest BCUT2D eigenvalue weighted by Crippen LogP contribution is 2.32. The summed E-state index contributed by atoms with van der Waals surface area (Å²) in [6.45, 7) is 1.83. The normalized spacial score (nSPS) is 12.7. The Morgan fingerprint density at radius 2 is 1.86 bits per heavy atom. The van der Waals surface area contributed by atoms with Gasteiger partial charge in [0, 0.05) is 6.20 Å². The van der Waals surface area contributed by atoms with E-state index >= 15 is 0 Å². The molecule has 1 aromatic carbocycles. The first-order valence-electron chi connectivity index (χ1n) is 6.81. The minimum Gasteiger partial charge on any atom is -0.344 e. The van der Waals surface area contributed by atoms with Crippen LogP contribution in [0.5, 0.6) is 0 Å². The Balaban J connectivity index is 2.26. The summed E-state index contributed by atoms with van der Waals surface area (Å²) in [5.74, 6) is -0.759. The van der Waals surface area contributed by atoms with Crippen LogP contribution < -0.4 is 5.32 Å². The van der Waals surface area contributed by atoms with Gasteiger partial charge in [0.2, 0.25) is 0 Å². The van der Waals surface area contributed by atoms with Gasteiger partial charge in [-0.3, -0.25) is 9.78 Å². The number of benzene rings is 1. The predicted octanol–water partition coefficient (Wildman–Crippen LogP) is 3.98. The molecule has 0 fully saturated rings. The lowest BCUT2D eigenvalue weighted by molar-refractivity contribution is -0.137. The summed E-state index contributed by atoms with van der Waals surface area (Å²) in [5.41, 5.74) is -0.712. The Morgan fingerprint density at radius 3 is 2.45 bits per heavy atom. The summed E-state index contributed by atoms with van der Waals surface area (Å²) < 4.78 is 38.9. The molecular formula is C16H15F3N2O. The second-order valence-corrected chi connectivity index (χ2v) is 4.73. The van der Waals surface area contributed by atoms with Crippen molar-refractivity contribution in [2.24, 2.45) is 0 Å². The molecule has 3 nitrogen and oxygen atoms in total. The molecule has 0 aliphatic heterocycles. The maximum absolute atomic E-state index is 13.0. The van der Waals surface area contributed by atoms with E-state index in [1.807, 2.05) is 6.92 Å². The van der Waals surface area contributed by atoms with E-state index in [1.54, 1.807) is 24.4 Å². The van der Waals surface area contributed by atoms with E-state index in [4.69, 9.17) is 0 Å². The van der Waals surface area contributed by atoms with Gasteiger partial charge in [0.1, 0.15) is 0 Å². The number of carbonyl (C=O) groups is 1. The van der Waals surface area contributed by atoms with Crippen LogP contribution >= 0.6 is 0 Å². The number of hydrogen-bond donors (Lipinski definition) is 1. The maximum atomic E-state index is 13.0. The highest BCUT2D eigenvalue weighted by atomic mass is 19.4. The first kappa shape index (κ1) is 16.0. The Morgan fingerprint density at radius 1 is 1.18 bits per heavy atom. The zero-order chi connectivity index (χ0) is 16.2. The lowest BCUT2D eigenvalue weighted by Crippen LogP contribution is -2.30. The van der Waals surface area contributed by atoms with E-state index in [0.29, 0.717) is 12.1 Å². The number of carbonyl (C=O) groups excluding carboxylic acids is 1. The van der Waals surface area contributed by atoms with E-state index in [9.17, 15) is 18.0 Å². The van der Waals surface area contributed by atoms with E-state index in [1.165, 1.54) is 18.2 Å². The molecule has 0 saturated heterocycles. The Labute approximate surface area is 126 Å². The number of hydrogen-bond acceptors (Lipinski definition) is 2. The third-order valence-corrected chi connectivity index (χ3v) is 3.24. The molecule has 0 aliphatic rings. The van der Waals surface area contributed by atoms with Gasteiger partial charge >= 0.3 is 6.18 Å². The van der Waals surface area contributed by atoms with Crippen molar-refractivity contribution in [1.82, 2.24) is 10.3 Å². The molecule has 2 aromatic rings. The Bertz CT molecular complexity index is 641. The van der Waals surface area contributed by atoms with Gasteiger partial charge in [-0.2, -0.15) is 13.2 Å². The van der Waals surface area contributed by atoms with Gasteiger partial charge in [0.05, 0.1) is 22.9 Å². The van der Waals surface area contributed by atoms with Gasteiger partial charge in [0.25, 0.3) is 5.91 Å². The SMILES string of the molecule is CC[C@@H](NC(=O)c1ccccc1C(F)(F)F)c1ccccn1. The van der Waals surface area contributed by atoms with Crippen LogP contribution in [0.3, 0.4) is 0 Å². The Kier molecular flexibility index (Phi) is 4.80. The molecule has 1 amide bonds. The minimum atomic E-state index is -4.57. The van der Waals surface area contributed by atoms with E-state index < -0.39 is 23.7 Å². The fourth-order valence-corrected chi connectivity index (χ4v) is 2.13. The zero-order valence-corrected chi connectivity index (χ0v) is 11.9. The van der Waals surface area contributed by atoms with Crippen molar-refractivity contribution in [3.05, 3.63) is 65.5 Å². The van der Waals surface area contributed by atoms with Crippen molar-refractivity contribution in [3.63, 3.8) is 0 Å². The molecule has 1 aromatic heterocycles. The molecule has 6 heteroatoms. The Hall–Kier alpha value is -2.37. The number of nitrogens with zero attached hydrogens (tertiary/aromatic N) is 1. The smallest absolute Gasteiger partial charge is 0.344 e. The van der Waals surface area contributed by atoms with Crippen molar-refractivity contribution < 1.29 is 18.0 Å². The summed E-state index contributed by atoms with van der Waals surface area (Å²) >= 11 is 0. The predicted molar refractivity (Wildman–Crippen MR) is 76.2 cm³/mol. The third-order valence-electron chi connectivity index (χ3n) is 3.24. The van der Waals surface area contributed by atoms with Crippen LogP contribution in [0.2, 0.25) is 0 Å². The van der Waals surface area contributed by atoms with Crippen molar-refractivity contribution in [3.8, 4) is 0 Å². The lowest BCUT2D eigenvalue weighted by Gasteiger charge is -2.18. The lowest BCUT2D eigenvalue weighted by atomic mass is 10.0. The average molecular weight is 308 g/mol. The van der Waals surface area contributed by atoms with Crippen LogP contribution in [0, 0.1) is 0 Å². The molecule has 1 heterocycles. The van der Waals surface area contributed by atoms with Crippen LogP contribution in [-0.4, -0.2) is 10.9 Å². The average Bonchev–Trinajstić information content (AvgIpc) is 2.52. The number of pyridine rings is 1. The molecule has 0 saturated carbocycles. The monoisotopic (exact) mass is 308 g/mol. The fourth-order valence-electron chi connectivity index (χ4n) is 2.13. The number of aromatic nitrogens is 1. The van der Waals surface area contributed by atoms with Crippen LogP contribution in [0.25, 0.3) is 0 Å². The maximum Gasteiger partial charge on any atom is 0.417 e. The molecular weight excluding hydrogens is 293 g/mol. The molecule has 1 N–H and O–H groups in total. The largest absolute Gasteiger partial charge is 0.417 e. The molecule has 0 bridgehead atoms. The second kappa shape index (κ2) is 6.60. The van der Waals surface area contributed by atoms with Gasteiger partial charge in [0.15, 0.2) is 0 Å². The minimum absolute atomic E-state index is 0.385. The summed E-state index contributed by atoms with van der Waals surface area (Å²) in [6, 6.07) is 9.53. The molecule has 1 atom stereocenters. The highest BCUT2D eigenvalue weighted by Gasteiger charge is 2.35. The molecule has 2 rings (SSSR count). The highest BCUT2D eigenvalue weighted by molar-refractivity contribution is 5.96. The quantitative estimate of drug-likeness (QED) is 0.928. The number of halogens is 3. The third kappa shape index (κ3) is 3.63. The van der Waals surface area contributed by atoms with E-state index in [-0.39, 0.29) is 5.56 Å². The topological polar surface area (TPSA) is 42.0 Å². The van der Waals surface area contributed by atoms with Crippen molar-refractivity contribution >= 4 is 5.91 Å². The number of rotatable bonds is 4. The van der Waals surface area contributed by atoms with Gasteiger partial charge in [-0.15, -0.1) is 0 Å². The van der Waals surface area contributed by atoms with Gasteiger partial charge in [-0.1, -0.05) is 25.1 Å². The van der Waals surface area contributed by atoms with Crippen LogP contribution in [0.15, 0.2) is 48.7 Å². The molecule has 0 spiro atoms. The van der Waals surface area contributed by atoms with Gasteiger partial charge in [-0.05, 0) is 30.7 Å². The molecule has 0 radical (unpaired) electrons. The van der Waals surface area contributed by atoms with Crippen LogP contribution in [0.4, 0.5) is 13.2 Å². The van der Waals surface area contributed by atoms with Gasteiger partial charge < -0.3 is 5.32 Å². The summed E-state index contributed by atoms with van der Waals surface area (Å²) in [7, 11) is 0. The summed E-state index contributed by atoms with van der Waals surface area (Å²) in [4.78, 5) is 16.3. The first-order valence-corrected chi connectivity index (χ1v) is 6.81. The van der Waals surface area contributed by atoms with Gasteiger partial charge in [-0.25, -0.2) is 0 Å². The van der Waals surface area contributed by atoms with E-state index in [0.717, 1.165) is 6.07 Å². The fraction of sp³-hybridized carbons (Fsp3) is 0.250. The van der Waals surface area contributed by atoms with Crippen molar-refractivity contribution in [1.29, 1.82) is 0 Å². The molecule has 0 unspecified atom stereocenters. The molecule has 0 aliphatic carbocycles. The summed E-state index contributed by atoms with van der Waals surface area (Å²) in [5, 5.41) is 2.61. The second-order valence-electron chi connectivity index (χ2n) is 4.73. The molecule has 116 valence electrons. The van der Waals surface area contributed by atoms with E-state index in [2.05, 4.69) is 10.3 Å². The zero-order valence-electron chi connectivity index (χ0n) is 11.9. The van der Waals surface area contributed by atoms with Crippen molar-refractivity contribution in [2.75, 3.05) is 0 Å². The number of nitrogens with one attached hydrogen (secondary N) is 1. The number of alkyl halides is 3. The van der Waals surface area contributed by atoms with Crippen LogP contribution in [-0.2, 0) is 6.18 Å². The van der Waals surface area contributed by atoms with Crippen molar-refractivity contribution in [2.45, 2.75) is 25.6 Å². The summed E-state index contributed by atoms with van der Waals surface area (Å²) in [6.07, 6.45) is -2.47. The molecule has 22 heavy (non-hydrogen) atoms. The standard InChI is InChI=1S/C16H15F3N2O/c1-2-13(14-9-5-6-10-20-14)21-15(22)11-7-3-4-8-12(11)16(17,18)19/h3-10,13H,2H2,1H3,(H,21,22)/t13-/m1/s1. The number of amides is 1.